The number of nitrogens with one attached hydrogen (secondary N) is 2. The van der Waals surface area contributed by atoms with Gasteiger partial charge in [0.05, 0.1) is 16.1 Å². The molecule has 8 heteroatoms. The minimum atomic E-state index is -0.448. The van der Waals surface area contributed by atoms with E-state index in [9.17, 15) is 14.0 Å². The molecule has 0 saturated heterocycles. The van der Waals surface area contributed by atoms with Gasteiger partial charge in [-0.25, -0.2) is 14.2 Å². The first kappa shape index (κ1) is 23.0. The predicted octanol–water partition coefficient (Wildman–Crippen LogP) is 6.61. The normalized spacial score (nSPS) is 14.0. The molecule has 4 aromatic rings. The maximum absolute atomic E-state index is 13.4. The summed E-state index contributed by atoms with van der Waals surface area (Å²) in [6.45, 7) is 0. The second-order valence-electron chi connectivity index (χ2n) is 8.60. The molecule has 0 spiro atoms. The van der Waals surface area contributed by atoms with Crippen LogP contribution in [0, 0.1) is 11.7 Å². The molecule has 0 bridgehead atoms. The van der Waals surface area contributed by atoms with Gasteiger partial charge >= 0.3 is 5.97 Å². The molecule has 1 fully saturated rings. The summed E-state index contributed by atoms with van der Waals surface area (Å²) in [6, 6.07) is 19.5. The molecule has 1 aliphatic rings. The van der Waals surface area contributed by atoms with E-state index in [1.54, 1.807) is 18.2 Å². The van der Waals surface area contributed by atoms with Crippen molar-refractivity contribution >= 4 is 44.2 Å². The van der Waals surface area contributed by atoms with Crippen LogP contribution < -0.4 is 10.8 Å². The summed E-state index contributed by atoms with van der Waals surface area (Å²) in [7, 11) is 0. The quantitative estimate of drug-likeness (QED) is 0.308. The first-order chi connectivity index (χ1) is 17.0. The molecule has 2 N–H and O–H groups in total. The largest absolute Gasteiger partial charge is 0.340 e. The fourth-order valence-electron chi connectivity index (χ4n) is 4.21. The molecule has 0 atom stereocenters. The van der Waals surface area contributed by atoms with E-state index in [0.29, 0.717) is 10.7 Å². The van der Waals surface area contributed by atoms with Crippen LogP contribution in [0.2, 0.25) is 0 Å². The summed E-state index contributed by atoms with van der Waals surface area (Å²) < 4.78 is 14.2. The number of halogens is 1. The van der Waals surface area contributed by atoms with Crippen molar-refractivity contribution in [3.8, 4) is 11.1 Å². The van der Waals surface area contributed by atoms with Crippen LogP contribution >= 0.6 is 11.3 Å². The Morgan fingerprint density at radius 3 is 2.31 bits per heavy atom. The van der Waals surface area contributed by atoms with Crippen LogP contribution in [0.1, 0.15) is 42.5 Å². The van der Waals surface area contributed by atoms with Crippen molar-refractivity contribution in [1.29, 1.82) is 0 Å². The van der Waals surface area contributed by atoms with Crippen LogP contribution in [0.15, 0.2) is 66.7 Å². The van der Waals surface area contributed by atoms with Crippen LogP contribution in [0.25, 0.3) is 21.3 Å². The molecule has 1 heterocycles. The van der Waals surface area contributed by atoms with Gasteiger partial charge < -0.3 is 10.2 Å². The lowest BCUT2D eigenvalue weighted by atomic mass is 9.89. The first-order valence-electron chi connectivity index (χ1n) is 11.6. The number of benzene rings is 3. The number of rotatable bonds is 5. The number of aromatic nitrogens is 1. The number of hydrogen-bond acceptors (Lipinski definition) is 6. The lowest BCUT2D eigenvalue weighted by Gasteiger charge is -2.19. The Labute approximate surface area is 206 Å². The summed E-state index contributed by atoms with van der Waals surface area (Å²) in [5.74, 6) is -1.21. The number of amides is 1. The van der Waals surface area contributed by atoms with Crippen molar-refractivity contribution in [3.05, 3.63) is 78.1 Å². The zero-order valence-electron chi connectivity index (χ0n) is 18.9. The molecule has 0 aliphatic heterocycles. The van der Waals surface area contributed by atoms with Gasteiger partial charge in [-0.15, -0.1) is 0 Å². The van der Waals surface area contributed by atoms with E-state index in [-0.39, 0.29) is 17.7 Å². The highest BCUT2D eigenvalue weighted by Crippen LogP contribution is 2.30. The topological polar surface area (TPSA) is 80.3 Å². The van der Waals surface area contributed by atoms with E-state index in [1.807, 2.05) is 36.4 Å². The van der Waals surface area contributed by atoms with E-state index in [4.69, 9.17) is 4.84 Å². The summed E-state index contributed by atoms with van der Waals surface area (Å²) >= 11 is 1.39. The fourth-order valence-corrected chi connectivity index (χ4v) is 5.12. The molecule has 1 saturated carbocycles. The summed E-state index contributed by atoms with van der Waals surface area (Å²) in [5.41, 5.74) is 6.24. The number of carbonyl (C=O) groups is 2. The van der Waals surface area contributed by atoms with Gasteiger partial charge in [-0.3, -0.25) is 4.79 Å². The highest BCUT2D eigenvalue weighted by molar-refractivity contribution is 7.22. The van der Waals surface area contributed by atoms with Gasteiger partial charge in [-0.2, -0.15) is 5.48 Å². The van der Waals surface area contributed by atoms with E-state index >= 15 is 0 Å². The van der Waals surface area contributed by atoms with E-state index in [2.05, 4.69) is 15.8 Å². The molecular formula is C27H24FN3O3S. The Morgan fingerprint density at radius 1 is 0.914 bits per heavy atom. The zero-order valence-corrected chi connectivity index (χ0v) is 19.7. The second kappa shape index (κ2) is 10.2. The summed E-state index contributed by atoms with van der Waals surface area (Å²) in [5, 5.41) is 3.95. The molecule has 5 rings (SSSR count). The highest BCUT2D eigenvalue weighted by atomic mass is 32.1. The van der Waals surface area contributed by atoms with Crippen molar-refractivity contribution in [1.82, 2.24) is 10.5 Å². The molecule has 1 amide bonds. The van der Waals surface area contributed by atoms with Crippen LogP contribution in [0.3, 0.4) is 0 Å². The molecule has 35 heavy (non-hydrogen) atoms. The molecule has 1 aliphatic carbocycles. The third-order valence-electron chi connectivity index (χ3n) is 6.15. The van der Waals surface area contributed by atoms with E-state index in [0.717, 1.165) is 59.1 Å². The predicted molar refractivity (Wildman–Crippen MR) is 135 cm³/mol. The summed E-state index contributed by atoms with van der Waals surface area (Å²) in [4.78, 5) is 34.0. The third kappa shape index (κ3) is 5.49. The van der Waals surface area contributed by atoms with Gasteiger partial charge in [-0.05, 0) is 66.4 Å². The number of fused-ring (bicyclic) bond motifs is 1. The smallest absolute Gasteiger partial charge is 0.335 e. The minimum absolute atomic E-state index is 0.124. The third-order valence-corrected chi connectivity index (χ3v) is 7.08. The number of hydrogen-bond donors (Lipinski definition) is 2. The number of thiazole rings is 1. The molecule has 0 unspecified atom stereocenters. The molecule has 1 aromatic heterocycles. The molecule has 0 radical (unpaired) electrons. The standard InChI is InChI=1S/C27H24FN3O3S/c28-21-12-15-23-24(16-21)35-27(30-23)29-22-13-10-18(11-14-22)17-6-8-19(9-7-17)25(32)31-34-26(33)20-4-2-1-3-5-20/h6-16,20H,1-5H2,(H,29,30)(H,31,32). The van der Waals surface area contributed by atoms with Crippen LogP contribution in [0.5, 0.6) is 0 Å². The first-order valence-corrected chi connectivity index (χ1v) is 12.4. The van der Waals surface area contributed by atoms with Gasteiger partial charge in [0.2, 0.25) is 0 Å². The number of carbonyl (C=O) groups excluding carboxylic acids is 2. The van der Waals surface area contributed by atoms with Gasteiger partial charge in [-0.1, -0.05) is 54.9 Å². The zero-order chi connectivity index (χ0) is 24.2. The Kier molecular flexibility index (Phi) is 6.72. The SMILES string of the molecule is O=C(NOC(=O)C1CCCCC1)c1ccc(-c2ccc(Nc3nc4ccc(F)cc4s3)cc2)cc1. The number of hydroxylamine groups is 1. The van der Waals surface area contributed by atoms with Crippen molar-refractivity contribution < 1.29 is 18.8 Å². The Bertz CT molecular complexity index is 1350. The van der Waals surface area contributed by atoms with Crippen LogP contribution in [0.4, 0.5) is 15.2 Å². The second-order valence-corrected chi connectivity index (χ2v) is 9.63. The average molecular weight is 490 g/mol. The Balaban J connectivity index is 1.18. The molecular weight excluding hydrogens is 465 g/mol. The lowest BCUT2D eigenvalue weighted by molar-refractivity contribution is -0.155. The van der Waals surface area contributed by atoms with Crippen molar-refractivity contribution in [2.45, 2.75) is 32.1 Å². The highest BCUT2D eigenvalue weighted by Gasteiger charge is 2.23. The minimum Gasteiger partial charge on any atom is -0.340 e. The summed E-state index contributed by atoms with van der Waals surface area (Å²) in [6.07, 6.45) is 4.83. The maximum Gasteiger partial charge on any atom is 0.335 e. The average Bonchev–Trinajstić information content (AvgIpc) is 3.29. The van der Waals surface area contributed by atoms with E-state index in [1.165, 1.54) is 23.5 Å². The van der Waals surface area contributed by atoms with Crippen molar-refractivity contribution in [2.75, 3.05) is 5.32 Å². The van der Waals surface area contributed by atoms with E-state index < -0.39 is 5.91 Å². The fraction of sp³-hybridized carbons (Fsp3) is 0.222. The van der Waals surface area contributed by atoms with Gasteiger partial charge in [0.1, 0.15) is 5.82 Å². The maximum atomic E-state index is 13.4. The molecule has 178 valence electrons. The number of nitrogens with zero attached hydrogens (tertiary/aromatic N) is 1. The van der Waals surface area contributed by atoms with Gasteiger partial charge in [0, 0.05) is 11.3 Å². The van der Waals surface area contributed by atoms with Crippen LogP contribution in [-0.4, -0.2) is 16.9 Å². The van der Waals surface area contributed by atoms with Gasteiger partial charge in [0.15, 0.2) is 5.13 Å². The monoisotopic (exact) mass is 489 g/mol. The van der Waals surface area contributed by atoms with Crippen LogP contribution in [-0.2, 0) is 9.63 Å². The molecule has 6 nitrogen and oxygen atoms in total. The molecule has 3 aromatic carbocycles. The number of anilines is 2. The Hall–Kier alpha value is -3.78. The van der Waals surface area contributed by atoms with Crippen molar-refractivity contribution in [3.63, 3.8) is 0 Å². The van der Waals surface area contributed by atoms with Crippen molar-refractivity contribution in [2.24, 2.45) is 5.92 Å². The Morgan fingerprint density at radius 2 is 1.60 bits per heavy atom. The van der Waals surface area contributed by atoms with Gasteiger partial charge in [0.25, 0.3) is 5.91 Å². The lowest BCUT2D eigenvalue weighted by Crippen LogP contribution is -2.31.